The fraction of sp³-hybridized carbons (Fsp3) is 0.571. The van der Waals surface area contributed by atoms with Crippen molar-refractivity contribution in [3.05, 3.63) is 35.9 Å². The number of ether oxygens (including phenoxy) is 2. The molecule has 1 aliphatic rings. The van der Waals surface area contributed by atoms with E-state index in [0.29, 0.717) is 13.4 Å². The molecule has 3 nitrogen and oxygen atoms in total. The van der Waals surface area contributed by atoms with Crippen LogP contribution in [0, 0.1) is 0 Å². The number of hydrogen-bond donors (Lipinski definition) is 1. The van der Waals surface area contributed by atoms with Crippen molar-refractivity contribution in [2.75, 3.05) is 6.79 Å². The Bertz CT molecular complexity index is 315. The van der Waals surface area contributed by atoms with E-state index in [9.17, 15) is 0 Å². The second kappa shape index (κ2) is 6.74. The van der Waals surface area contributed by atoms with Crippen molar-refractivity contribution in [1.82, 2.24) is 0 Å². The van der Waals surface area contributed by atoms with Crippen molar-refractivity contribution in [1.29, 1.82) is 0 Å². The summed E-state index contributed by atoms with van der Waals surface area (Å²) < 4.78 is 11.2. The Hall–Kier alpha value is -0.900. The van der Waals surface area contributed by atoms with Crippen molar-refractivity contribution in [2.45, 2.75) is 44.4 Å². The zero-order valence-corrected chi connectivity index (χ0v) is 10.2. The molecule has 1 aromatic carbocycles. The van der Waals surface area contributed by atoms with Crippen LogP contribution in [0.4, 0.5) is 0 Å². The molecule has 0 bridgehead atoms. The summed E-state index contributed by atoms with van der Waals surface area (Å²) >= 11 is 0. The van der Waals surface area contributed by atoms with E-state index in [1.165, 1.54) is 18.4 Å². The largest absolute Gasteiger partial charge is 0.351 e. The lowest BCUT2D eigenvalue weighted by molar-refractivity contribution is -0.109. The van der Waals surface area contributed by atoms with E-state index < -0.39 is 0 Å². The van der Waals surface area contributed by atoms with Crippen LogP contribution in [0.2, 0.25) is 0 Å². The molecule has 3 heteroatoms. The van der Waals surface area contributed by atoms with Gasteiger partial charge in [-0.25, -0.2) is 0 Å². The van der Waals surface area contributed by atoms with Gasteiger partial charge in [-0.1, -0.05) is 43.2 Å². The van der Waals surface area contributed by atoms with Gasteiger partial charge in [0.25, 0.3) is 0 Å². The Labute approximate surface area is 103 Å². The van der Waals surface area contributed by atoms with Gasteiger partial charge in [0.05, 0.1) is 12.7 Å². The first-order valence-electron chi connectivity index (χ1n) is 6.35. The maximum Gasteiger partial charge on any atom is 0.147 e. The average Bonchev–Trinajstić information content (AvgIpc) is 2.38. The Morgan fingerprint density at radius 2 is 1.88 bits per heavy atom. The third-order valence-corrected chi connectivity index (χ3v) is 3.23. The van der Waals surface area contributed by atoms with Crippen LogP contribution in [0.1, 0.15) is 31.2 Å². The van der Waals surface area contributed by atoms with Gasteiger partial charge in [0.1, 0.15) is 6.79 Å². The van der Waals surface area contributed by atoms with Crippen molar-refractivity contribution in [3.8, 4) is 0 Å². The molecule has 17 heavy (non-hydrogen) atoms. The number of nitrogens with two attached hydrogens (primary N) is 1. The highest BCUT2D eigenvalue weighted by Crippen LogP contribution is 2.19. The lowest BCUT2D eigenvalue weighted by Gasteiger charge is -2.28. The maximum atomic E-state index is 5.99. The molecule has 2 N–H and O–H groups in total. The summed E-state index contributed by atoms with van der Waals surface area (Å²) in [6.45, 7) is 0.941. The molecule has 0 amide bonds. The van der Waals surface area contributed by atoms with Crippen molar-refractivity contribution in [3.63, 3.8) is 0 Å². The van der Waals surface area contributed by atoms with Crippen LogP contribution >= 0.6 is 0 Å². The lowest BCUT2D eigenvalue weighted by atomic mass is 9.93. The molecule has 0 radical (unpaired) electrons. The quantitative estimate of drug-likeness (QED) is 0.630. The monoisotopic (exact) mass is 235 g/mol. The highest BCUT2D eigenvalue weighted by Gasteiger charge is 2.21. The highest BCUT2D eigenvalue weighted by molar-refractivity contribution is 5.13. The minimum atomic E-state index is 0.180. The number of rotatable bonds is 5. The molecule has 1 aliphatic carbocycles. The molecular weight excluding hydrogens is 214 g/mol. The number of hydrogen-bond acceptors (Lipinski definition) is 3. The normalized spacial score (nSPS) is 24.8. The molecule has 1 fully saturated rings. The fourth-order valence-corrected chi connectivity index (χ4v) is 2.20. The smallest absolute Gasteiger partial charge is 0.147 e. The molecule has 0 aromatic heterocycles. The molecule has 2 atom stereocenters. The summed E-state index contributed by atoms with van der Waals surface area (Å²) in [4.78, 5) is 0. The van der Waals surface area contributed by atoms with Gasteiger partial charge >= 0.3 is 0 Å². The average molecular weight is 235 g/mol. The standard InChI is InChI=1S/C14H21NO2/c15-13-8-4-5-9-14(13)17-11-16-10-12-6-2-1-3-7-12/h1-3,6-7,13-14H,4-5,8-11,15H2. The van der Waals surface area contributed by atoms with E-state index in [1.54, 1.807) is 0 Å². The van der Waals surface area contributed by atoms with E-state index in [-0.39, 0.29) is 12.1 Å². The van der Waals surface area contributed by atoms with Crippen LogP contribution in [0.3, 0.4) is 0 Å². The Balaban J connectivity index is 1.63. The summed E-state index contributed by atoms with van der Waals surface area (Å²) in [6, 6.07) is 10.3. The molecule has 0 heterocycles. The third-order valence-electron chi connectivity index (χ3n) is 3.23. The van der Waals surface area contributed by atoms with Gasteiger partial charge in [0.2, 0.25) is 0 Å². The molecule has 1 saturated carbocycles. The first kappa shape index (κ1) is 12.6. The third kappa shape index (κ3) is 4.11. The van der Waals surface area contributed by atoms with Gasteiger partial charge < -0.3 is 15.2 Å². The van der Waals surface area contributed by atoms with E-state index in [2.05, 4.69) is 0 Å². The summed E-state index contributed by atoms with van der Waals surface area (Å²) in [5, 5.41) is 0. The van der Waals surface area contributed by atoms with Crippen LogP contribution in [0.15, 0.2) is 30.3 Å². The predicted octanol–water partition coefficient (Wildman–Crippen LogP) is 2.45. The van der Waals surface area contributed by atoms with Crippen molar-refractivity contribution in [2.24, 2.45) is 5.73 Å². The summed E-state index contributed by atoms with van der Waals surface area (Å²) in [5.41, 5.74) is 7.16. The highest BCUT2D eigenvalue weighted by atomic mass is 16.7. The molecule has 2 rings (SSSR count). The summed E-state index contributed by atoms with van der Waals surface area (Å²) in [7, 11) is 0. The lowest BCUT2D eigenvalue weighted by Crippen LogP contribution is -2.39. The second-order valence-electron chi connectivity index (χ2n) is 4.61. The van der Waals surface area contributed by atoms with Gasteiger partial charge in [0.15, 0.2) is 0 Å². The zero-order valence-electron chi connectivity index (χ0n) is 10.2. The SMILES string of the molecule is NC1CCCCC1OCOCc1ccccc1. The second-order valence-corrected chi connectivity index (χ2v) is 4.61. The topological polar surface area (TPSA) is 44.5 Å². The molecule has 0 saturated heterocycles. The molecule has 0 aliphatic heterocycles. The van der Waals surface area contributed by atoms with Crippen LogP contribution in [0.25, 0.3) is 0 Å². The molecule has 1 aromatic rings. The Kier molecular flexibility index (Phi) is 4.98. The van der Waals surface area contributed by atoms with E-state index >= 15 is 0 Å². The molecule has 0 spiro atoms. The van der Waals surface area contributed by atoms with E-state index in [1.807, 2.05) is 30.3 Å². The van der Waals surface area contributed by atoms with Gasteiger partial charge in [-0.15, -0.1) is 0 Å². The maximum absolute atomic E-state index is 5.99. The van der Waals surface area contributed by atoms with Crippen molar-refractivity contribution >= 4 is 0 Å². The van der Waals surface area contributed by atoms with Crippen molar-refractivity contribution < 1.29 is 9.47 Å². The molecule has 94 valence electrons. The zero-order chi connectivity index (χ0) is 11.9. The first-order chi connectivity index (χ1) is 8.36. The van der Waals surface area contributed by atoms with Crippen LogP contribution in [0.5, 0.6) is 0 Å². The minimum absolute atomic E-state index is 0.180. The van der Waals surface area contributed by atoms with Crippen LogP contribution < -0.4 is 5.73 Å². The van der Waals surface area contributed by atoms with Crippen LogP contribution in [-0.4, -0.2) is 18.9 Å². The van der Waals surface area contributed by atoms with Gasteiger partial charge in [-0.2, -0.15) is 0 Å². The predicted molar refractivity (Wildman–Crippen MR) is 67.4 cm³/mol. The van der Waals surface area contributed by atoms with Gasteiger partial charge in [-0.3, -0.25) is 0 Å². The first-order valence-corrected chi connectivity index (χ1v) is 6.35. The van der Waals surface area contributed by atoms with E-state index in [0.717, 1.165) is 12.8 Å². The Morgan fingerprint density at radius 3 is 2.65 bits per heavy atom. The minimum Gasteiger partial charge on any atom is -0.351 e. The summed E-state index contributed by atoms with van der Waals surface area (Å²) in [5.74, 6) is 0. The number of benzene rings is 1. The van der Waals surface area contributed by atoms with E-state index in [4.69, 9.17) is 15.2 Å². The fourth-order valence-electron chi connectivity index (χ4n) is 2.20. The van der Waals surface area contributed by atoms with Crippen LogP contribution in [-0.2, 0) is 16.1 Å². The van der Waals surface area contributed by atoms with Gasteiger partial charge in [-0.05, 0) is 18.4 Å². The molecular formula is C14H21NO2. The Morgan fingerprint density at radius 1 is 1.12 bits per heavy atom. The molecule has 2 unspecified atom stereocenters. The summed E-state index contributed by atoms with van der Waals surface area (Å²) in [6.07, 6.45) is 4.77. The van der Waals surface area contributed by atoms with Gasteiger partial charge in [0, 0.05) is 6.04 Å².